The Balaban J connectivity index is 0.000000449. The number of aromatic nitrogens is 2. The smallest absolute Gasteiger partial charge is 0.328 e. The molecule has 1 aliphatic heterocycles. The maximum absolute atomic E-state index is 11.1. The largest absolute Gasteiger partial charge is 0.478 e. The van der Waals surface area contributed by atoms with Gasteiger partial charge in [-0.05, 0) is 24.3 Å². The van der Waals surface area contributed by atoms with Gasteiger partial charge >= 0.3 is 11.9 Å². The highest BCUT2D eigenvalue weighted by atomic mass is 16.4. The van der Waals surface area contributed by atoms with Gasteiger partial charge in [0, 0.05) is 95.0 Å². The van der Waals surface area contributed by atoms with Gasteiger partial charge in [0.25, 0.3) is 0 Å². The van der Waals surface area contributed by atoms with Crippen LogP contribution < -0.4 is 0 Å². The molecule has 10 nitrogen and oxygen atoms in total. The lowest BCUT2D eigenvalue weighted by molar-refractivity contribution is -0.134. The summed E-state index contributed by atoms with van der Waals surface area (Å²) < 4.78 is 4.52. The Hall–Kier alpha value is -5.00. The Morgan fingerprint density at radius 2 is 0.771 bits per heavy atom. The summed E-state index contributed by atoms with van der Waals surface area (Å²) in [6.07, 6.45) is 0.211. The van der Waals surface area contributed by atoms with E-state index in [4.69, 9.17) is 10.2 Å². The lowest BCUT2D eigenvalue weighted by Crippen LogP contribution is -2.50. The van der Waals surface area contributed by atoms with E-state index < -0.39 is 24.1 Å². The van der Waals surface area contributed by atoms with Gasteiger partial charge in [-0.3, -0.25) is 9.80 Å². The number of carbonyl (C=O) groups is 2. The minimum absolute atomic E-state index is 0.452. The predicted molar refractivity (Wildman–Crippen MR) is 188 cm³/mol. The van der Waals surface area contributed by atoms with Crippen LogP contribution in [-0.2, 0) is 22.7 Å². The highest BCUT2D eigenvalue weighted by molar-refractivity contribution is 6.08. The molecular weight excluding hydrogens is 608 g/mol. The lowest BCUT2D eigenvalue weighted by atomic mass is 10.2. The Kier molecular flexibility index (Phi) is 10.2. The van der Waals surface area contributed by atoms with Gasteiger partial charge in [0.15, 0.2) is 0 Å². The molecule has 10 heteroatoms. The molecule has 248 valence electrons. The second kappa shape index (κ2) is 14.8. The Morgan fingerprint density at radius 3 is 1.04 bits per heavy atom. The van der Waals surface area contributed by atoms with Crippen molar-refractivity contribution in [2.75, 3.05) is 39.3 Å². The molecule has 0 bridgehead atoms. The third kappa shape index (κ3) is 7.42. The van der Waals surface area contributed by atoms with Crippen LogP contribution in [0.3, 0.4) is 0 Å². The van der Waals surface area contributed by atoms with Crippen LogP contribution in [0.4, 0.5) is 0 Å². The van der Waals surface area contributed by atoms with Crippen LogP contribution in [0.15, 0.2) is 109 Å². The molecule has 2 aromatic heterocycles. The van der Waals surface area contributed by atoms with Crippen molar-refractivity contribution >= 4 is 55.6 Å². The van der Waals surface area contributed by atoms with Gasteiger partial charge in [-0.15, -0.1) is 0 Å². The van der Waals surface area contributed by atoms with Crippen molar-refractivity contribution in [3.8, 4) is 0 Å². The molecule has 0 saturated carbocycles. The molecule has 1 saturated heterocycles. The van der Waals surface area contributed by atoms with Gasteiger partial charge in [0.2, 0.25) is 0 Å². The number of β-amino-alcohol motifs (C(OH)–C–C–N with tert-alkyl or cyclic N) is 2. The molecule has 4 N–H and O–H groups in total. The van der Waals surface area contributed by atoms with Crippen molar-refractivity contribution in [1.29, 1.82) is 0 Å². The molecule has 1 aliphatic rings. The number of nitrogens with zero attached hydrogens (tertiary/aromatic N) is 4. The third-order valence-electron chi connectivity index (χ3n) is 8.92. The Morgan fingerprint density at radius 1 is 0.500 bits per heavy atom. The van der Waals surface area contributed by atoms with E-state index in [1.165, 1.54) is 43.6 Å². The molecule has 0 amide bonds. The van der Waals surface area contributed by atoms with Gasteiger partial charge < -0.3 is 29.6 Å². The highest BCUT2D eigenvalue weighted by Gasteiger charge is 2.23. The number of benzene rings is 4. The van der Waals surface area contributed by atoms with Gasteiger partial charge in [-0.25, -0.2) is 9.59 Å². The number of aliphatic carboxylic acids is 2. The van der Waals surface area contributed by atoms with E-state index in [1.807, 2.05) is 0 Å². The van der Waals surface area contributed by atoms with Crippen LogP contribution in [0.1, 0.15) is 0 Å². The molecule has 4 aromatic carbocycles. The second-order valence-corrected chi connectivity index (χ2v) is 12.2. The number of hydrogen-bond acceptors (Lipinski definition) is 6. The molecular formula is C38H40N4O6. The molecule has 0 radical (unpaired) electrons. The molecule has 48 heavy (non-hydrogen) atoms. The van der Waals surface area contributed by atoms with Gasteiger partial charge in [-0.2, -0.15) is 0 Å². The zero-order chi connectivity index (χ0) is 33.6. The first-order valence-electron chi connectivity index (χ1n) is 16.1. The summed E-state index contributed by atoms with van der Waals surface area (Å²) >= 11 is 0. The van der Waals surface area contributed by atoms with Crippen LogP contribution in [-0.4, -0.2) is 103 Å². The maximum atomic E-state index is 11.1. The SMILES string of the molecule is O=C(O)/C=C/C(=O)O.OC(CN1CCN(CC(O)Cn2c3ccccc3c3ccccc32)CC1)Cn1c2ccccc2c2ccccc21. The predicted octanol–water partition coefficient (Wildman–Crippen LogP) is 4.65. The van der Waals surface area contributed by atoms with Crippen LogP contribution in [0.2, 0.25) is 0 Å². The van der Waals surface area contributed by atoms with E-state index in [1.54, 1.807) is 0 Å². The zero-order valence-corrected chi connectivity index (χ0v) is 26.6. The zero-order valence-electron chi connectivity index (χ0n) is 26.6. The fourth-order valence-electron chi connectivity index (χ4n) is 6.83. The van der Waals surface area contributed by atoms with Gasteiger partial charge in [0.05, 0.1) is 25.3 Å². The molecule has 3 heterocycles. The third-order valence-corrected chi connectivity index (χ3v) is 8.92. The summed E-state index contributed by atoms with van der Waals surface area (Å²) in [5.41, 5.74) is 4.68. The molecule has 7 rings (SSSR count). The highest BCUT2D eigenvalue weighted by Crippen LogP contribution is 2.30. The van der Waals surface area contributed by atoms with E-state index in [-0.39, 0.29) is 0 Å². The lowest BCUT2D eigenvalue weighted by Gasteiger charge is -2.36. The van der Waals surface area contributed by atoms with E-state index in [0.29, 0.717) is 38.3 Å². The fraction of sp³-hybridized carbons (Fsp3) is 0.263. The Bertz CT molecular complexity index is 1820. The van der Waals surface area contributed by atoms with Crippen LogP contribution in [0.25, 0.3) is 43.6 Å². The first-order valence-corrected chi connectivity index (χ1v) is 16.1. The van der Waals surface area contributed by atoms with Crippen molar-refractivity contribution in [3.05, 3.63) is 109 Å². The van der Waals surface area contributed by atoms with Crippen molar-refractivity contribution in [2.24, 2.45) is 0 Å². The number of carboxylic acid groups (broad SMARTS) is 2. The van der Waals surface area contributed by atoms with Crippen LogP contribution in [0.5, 0.6) is 0 Å². The number of hydrogen-bond donors (Lipinski definition) is 4. The van der Waals surface area contributed by atoms with Gasteiger partial charge in [-0.1, -0.05) is 72.8 Å². The molecule has 1 fully saturated rings. The quantitative estimate of drug-likeness (QED) is 0.158. The van der Waals surface area contributed by atoms with E-state index in [2.05, 4.69) is 116 Å². The monoisotopic (exact) mass is 648 g/mol. The first kappa shape index (κ1) is 32.9. The molecule has 2 unspecified atom stereocenters. The van der Waals surface area contributed by atoms with Gasteiger partial charge in [0.1, 0.15) is 0 Å². The summed E-state index contributed by atoms with van der Waals surface area (Å²) in [5.74, 6) is -2.51. The van der Waals surface area contributed by atoms with Crippen LogP contribution >= 0.6 is 0 Å². The Labute approximate surface area is 277 Å². The van der Waals surface area contributed by atoms with Crippen LogP contribution in [0, 0.1) is 0 Å². The first-order chi connectivity index (χ1) is 23.3. The average Bonchev–Trinajstić information content (AvgIpc) is 3.57. The van der Waals surface area contributed by atoms with E-state index in [0.717, 1.165) is 26.2 Å². The standard InChI is InChI=1S/C34H36N4O2.C4H4O4/c39-25(23-37-31-13-5-1-9-27(31)28-10-2-6-14-32(28)37)21-35-17-19-36(20-18-35)22-26(40)24-38-33-15-7-3-11-29(33)30-12-4-8-16-34(30)38;5-3(6)1-2-4(7)8/h1-16,25-26,39-40H,17-24H2;1-2H,(H,5,6)(H,7,8)/b;2-1+. The number of para-hydroxylation sites is 4. The minimum Gasteiger partial charge on any atom is -0.478 e. The van der Waals surface area contributed by atoms with Crippen molar-refractivity contribution in [1.82, 2.24) is 18.9 Å². The number of carboxylic acids is 2. The summed E-state index contributed by atoms with van der Waals surface area (Å²) in [4.78, 5) is 23.8. The normalized spacial score (nSPS) is 15.6. The average molecular weight is 649 g/mol. The number of aliphatic hydroxyl groups is 2. The molecule has 0 spiro atoms. The number of rotatable bonds is 10. The van der Waals surface area contributed by atoms with E-state index >= 15 is 0 Å². The fourth-order valence-corrected chi connectivity index (χ4v) is 6.83. The molecule has 0 aliphatic carbocycles. The van der Waals surface area contributed by atoms with Crippen molar-refractivity contribution < 1.29 is 30.0 Å². The number of piperazine rings is 1. The number of aliphatic hydroxyl groups excluding tert-OH is 2. The van der Waals surface area contributed by atoms with Crippen molar-refractivity contribution in [2.45, 2.75) is 25.3 Å². The molecule has 6 aromatic rings. The molecule has 2 atom stereocenters. The summed E-state index contributed by atoms with van der Waals surface area (Å²) in [5, 5.41) is 42.8. The summed E-state index contributed by atoms with van der Waals surface area (Å²) in [6, 6.07) is 33.8. The minimum atomic E-state index is -1.26. The maximum Gasteiger partial charge on any atom is 0.328 e. The topological polar surface area (TPSA) is 131 Å². The second-order valence-electron chi connectivity index (χ2n) is 12.2. The number of fused-ring (bicyclic) bond motifs is 6. The van der Waals surface area contributed by atoms with Crippen molar-refractivity contribution in [3.63, 3.8) is 0 Å². The van der Waals surface area contributed by atoms with E-state index in [9.17, 15) is 19.8 Å². The summed E-state index contributed by atoms with van der Waals surface area (Å²) in [7, 11) is 0. The summed E-state index contributed by atoms with van der Waals surface area (Å²) in [6.45, 7) is 6.03.